The molecule has 1 aliphatic heterocycles. The van der Waals surface area contributed by atoms with Gasteiger partial charge in [-0.15, -0.1) is 10.2 Å². The van der Waals surface area contributed by atoms with Gasteiger partial charge in [0.25, 0.3) is 0 Å². The van der Waals surface area contributed by atoms with Crippen molar-refractivity contribution in [1.29, 1.82) is 0 Å². The van der Waals surface area contributed by atoms with Crippen LogP contribution in [0.2, 0.25) is 0 Å². The van der Waals surface area contributed by atoms with Crippen molar-refractivity contribution in [3.8, 4) is 5.75 Å². The zero-order chi connectivity index (χ0) is 21.1. The quantitative estimate of drug-likeness (QED) is 0.550. The zero-order valence-electron chi connectivity index (χ0n) is 17.0. The van der Waals surface area contributed by atoms with Gasteiger partial charge in [0.2, 0.25) is 5.13 Å². The molecule has 2 heterocycles. The van der Waals surface area contributed by atoms with E-state index in [0.717, 1.165) is 28.0 Å². The van der Waals surface area contributed by atoms with E-state index >= 15 is 0 Å². The van der Waals surface area contributed by atoms with Crippen molar-refractivity contribution in [2.24, 2.45) is 0 Å². The van der Waals surface area contributed by atoms with Crippen LogP contribution >= 0.6 is 11.3 Å². The van der Waals surface area contributed by atoms with Crippen molar-refractivity contribution < 1.29 is 14.2 Å². The monoisotopic (exact) mass is 425 g/mol. The third-order valence-electron chi connectivity index (χ3n) is 5.45. The lowest BCUT2D eigenvalue weighted by Gasteiger charge is -2.21. The Hall–Kier alpha value is -2.77. The van der Waals surface area contributed by atoms with Gasteiger partial charge >= 0.3 is 0 Å². The Labute approximate surface area is 179 Å². The Bertz CT molecular complexity index is 1060. The van der Waals surface area contributed by atoms with Crippen LogP contribution in [0.1, 0.15) is 48.4 Å². The van der Waals surface area contributed by atoms with Gasteiger partial charge in [0.05, 0.1) is 0 Å². The van der Waals surface area contributed by atoms with Gasteiger partial charge in [-0.25, -0.2) is 4.39 Å². The van der Waals surface area contributed by atoms with E-state index in [-0.39, 0.29) is 5.82 Å². The summed E-state index contributed by atoms with van der Waals surface area (Å²) in [4.78, 5) is 0. The van der Waals surface area contributed by atoms with Crippen LogP contribution in [-0.2, 0) is 12.1 Å². The number of hydrogen-bond donors (Lipinski definition) is 2. The molecule has 1 aliphatic rings. The number of anilines is 1. The summed E-state index contributed by atoms with van der Waals surface area (Å²) in [6.45, 7) is 4.93. The molecule has 0 saturated heterocycles. The van der Waals surface area contributed by atoms with Crippen molar-refractivity contribution >= 4 is 22.0 Å². The van der Waals surface area contributed by atoms with Crippen molar-refractivity contribution in [2.45, 2.75) is 38.8 Å². The molecule has 0 radical (unpaired) electrons. The molecule has 30 heavy (non-hydrogen) atoms. The molecule has 2 N–H and O–H groups in total. The number of aromatic nitrogens is 2. The van der Waals surface area contributed by atoms with Gasteiger partial charge in [0.1, 0.15) is 23.8 Å². The minimum absolute atomic E-state index is 0.246. The van der Waals surface area contributed by atoms with Crippen molar-refractivity contribution in [3.05, 3.63) is 76.1 Å². The summed E-state index contributed by atoms with van der Waals surface area (Å²) in [7, 11) is 0. The predicted octanol–water partition coefficient (Wildman–Crippen LogP) is 5.12. The number of halogens is 1. The van der Waals surface area contributed by atoms with Crippen molar-refractivity contribution in [3.63, 3.8) is 0 Å². The first-order chi connectivity index (χ1) is 14.5. The molecule has 5 nitrogen and oxygen atoms in total. The minimum atomic E-state index is -0.916. The molecule has 0 unspecified atom stereocenters. The summed E-state index contributed by atoms with van der Waals surface area (Å²) in [5, 5.41) is 23.5. The summed E-state index contributed by atoms with van der Waals surface area (Å²) in [5.74, 6) is 0.560. The number of aliphatic hydroxyl groups is 1. The van der Waals surface area contributed by atoms with Gasteiger partial charge in [-0.2, -0.15) is 0 Å². The van der Waals surface area contributed by atoms with E-state index in [1.54, 1.807) is 12.1 Å². The van der Waals surface area contributed by atoms with Crippen LogP contribution in [0.4, 0.5) is 9.52 Å². The fourth-order valence-electron chi connectivity index (χ4n) is 3.46. The summed E-state index contributed by atoms with van der Waals surface area (Å²) in [5.41, 5.74) is 3.13. The molecule has 0 spiro atoms. The third-order valence-corrected chi connectivity index (χ3v) is 6.53. The zero-order valence-corrected chi connectivity index (χ0v) is 17.8. The maximum Gasteiger partial charge on any atom is 0.206 e. The van der Waals surface area contributed by atoms with Gasteiger partial charge in [-0.05, 0) is 53.8 Å². The molecule has 0 bridgehead atoms. The van der Waals surface area contributed by atoms with Gasteiger partial charge in [0.15, 0.2) is 5.01 Å². The summed E-state index contributed by atoms with van der Waals surface area (Å²) >= 11 is 1.38. The second-order valence-corrected chi connectivity index (χ2v) is 8.25. The Morgan fingerprint density at radius 1 is 1.13 bits per heavy atom. The molecule has 0 saturated carbocycles. The lowest BCUT2D eigenvalue weighted by atomic mass is 9.94. The molecule has 156 valence electrons. The third kappa shape index (κ3) is 4.08. The second-order valence-electron chi connectivity index (χ2n) is 7.27. The van der Waals surface area contributed by atoms with E-state index in [1.165, 1.54) is 23.5 Å². The first-order valence-corrected chi connectivity index (χ1v) is 10.9. The van der Waals surface area contributed by atoms with Crippen LogP contribution in [0.15, 0.2) is 48.5 Å². The number of hydrogen-bond acceptors (Lipinski definition) is 6. The second kappa shape index (κ2) is 8.53. The molecule has 0 fully saturated rings. The molecule has 1 aromatic heterocycles. The highest BCUT2D eigenvalue weighted by Crippen LogP contribution is 2.36. The molecule has 0 aliphatic carbocycles. The van der Waals surface area contributed by atoms with Crippen LogP contribution in [0.25, 0.3) is 5.57 Å². The first-order valence-electron chi connectivity index (χ1n) is 10.0. The first kappa shape index (κ1) is 20.5. The average molecular weight is 426 g/mol. The number of benzene rings is 2. The minimum Gasteiger partial charge on any atom is -0.489 e. The van der Waals surface area contributed by atoms with E-state index in [9.17, 15) is 9.50 Å². The molecule has 2 aromatic carbocycles. The normalized spacial score (nSPS) is 13.4. The Balaban J connectivity index is 1.48. The lowest BCUT2D eigenvalue weighted by molar-refractivity contribution is 0.0275. The van der Waals surface area contributed by atoms with Gasteiger partial charge < -0.3 is 15.2 Å². The highest BCUT2D eigenvalue weighted by molar-refractivity contribution is 7.15. The van der Waals surface area contributed by atoms with Crippen LogP contribution in [0, 0.1) is 5.82 Å². The van der Waals surface area contributed by atoms with Gasteiger partial charge in [0, 0.05) is 12.1 Å². The van der Waals surface area contributed by atoms with Gasteiger partial charge in [-0.1, -0.05) is 49.4 Å². The number of nitrogens with one attached hydrogen (secondary N) is 1. The molecular formula is C23H24FN3O2S. The largest absolute Gasteiger partial charge is 0.489 e. The van der Waals surface area contributed by atoms with E-state index in [2.05, 4.69) is 15.5 Å². The highest BCUT2D eigenvalue weighted by Gasteiger charge is 2.29. The summed E-state index contributed by atoms with van der Waals surface area (Å²) in [6, 6.07) is 12.6. The standard InChI is InChI=1S/C23H24FN3O2S/c1-3-23(28,4-2)21-26-27-22(30-21)25-14-15-5-10-19-18(11-12-29-20(19)13-15)16-6-8-17(24)9-7-16/h5-11,13,28H,3-4,12,14H2,1-2H3,(H,25,27). The number of nitrogens with zero attached hydrogens (tertiary/aromatic N) is 2. The summed E-state index contributed by atoms with van der Waals surface area (Å²) < 4.78 is 19.1. The van der Waals surface area contributed by atoms with Crippen LogP contribution in [-0.4, -0.2) is 21.9 Å². The van der Waals surface area contributed by atoms with Gasteiger partial charge in [-0.3, -0.25) is 0 Å². The SMILES string of the molecule is CCC(O)(CC)c1nnc(NCc2ccc3c(c2)OCC=C3c2ccc(F)cc2)s1. The molecule has 0 atom stereocenters. The molecule has 4 rings (SSSR count). The Morgan fingerprint density at radius 2 is 1.90 bits per heavy atom. The fourth-order valence-corrected chi connectivity index (χ4v) is 4.43. The van der Waals surface area contributed by atoms with Crippen LogP contribution < -0.4 is 10.1 Å². The number of fused-ring (bicyclic) bond motifs is 1. The van der Waals surface area contributed by atoms with E-state index in [1.807, 2.05) is 38.1 Å². The Morgan fingerprint density at radius 3 is 2.63 bits per heavy atom. The lowest BCUT2D eigenvalue weighted by Crippen LogP contribution is -2.23. The maximum absolute atomic E-state index is 13.3. The Kier molecular flexibility index (Phi) is 5.83. The van der Waals surface area contributed by atoms with E-state index < -0.39 is 5.60 Å². The van der Waals surface area contributed by atoms with Crippen molar-refractivity contribution in [2.75, 3.05) is 11.9 Å². The maximum atomic E-state index is 13.3. The van der Waals surface area contributed by atoms with Crippen molar-refractivity contribution in [1.82, 2.24) is 10.2 Å². The van der Waals surface area contributed by atoms with E-state index in [4.69, 9.17) is 4.74 Å². The predicted molar refractivity (Wildman–Crippen MR) is 117 cm³/mol. The number of ether oxygens (including phenoxy) is 1. The van der Waals surface area contributed by atoms with Crippen LogP contribution in [0.5, 0.6) is 5.75 Å². The smallest absolute Gasteiger partial charge is 0.206 e. The molecule has 3 aromatic rings. The molecule has 7 heteroatoms. The highest BCUT2D eigenvalue weighted by atomic mass is 32.1. The number of rotatable bonds is 7. The topological polar surface area (TPSA) is 67.3 Å². The molecule has 0 amide bonds. The summed E-state index contributed by atoms with van der Waals surface area (Å²) in [6.07, 6.45) is 3.22. The van der Waals surface area contributed by atoms with Crippen LogP contribution in [0.3, 0.4) is 0 Å². The fraction of sp³-hybridized carbons (Fsp3) is 0.304. The van der Waals surface area contributed by atoms with E-state index in [0.29, 0.717) is 36.1 Å². The average Bonchev–Trinajstić information content (AvgIpc) is 3.27. The molecular weight excluding hydrogens is 401 g/mol.